The highest BCUT2D eigenvalue weighted by Gasteiger charge is 2.23. The third kappa shape index (κ3) is 9.81. The zero-order valence-electron chi connectivity index (χ0n) is 25.3. The Labute approximate surface area is 258 Å². The van der Waals surface area contributed by atoms with Gasteiger partial charge in [0.15, 0.2) is 0 Å². The summed E-state index contributed by atoms with van der Waals surface area (Å²) in [7, 11) is 1.72. The van der Waals surface area contributed by atoms with E-state index in [2.05, 4.69) is 40.5 Å². The lowest BCUT2D eigenvalue weighted by Gasteiger charge is -2.25. The van der Waals surface area contributed by atoms with Crippen molar-refractivity contribution < 1.29 is 14.7 Å². The summed E-state index contributed by atoms with van der Waals surface area (Å²) in [6, 6.07) is 18.0. The molecule has 2 aromatic heterocycles. The molecule has 0 saturated carbocycles. The van der Waals surface area contributed by atoms with Gasteiger partial charge < -0.3 is 20.6 Å². The minimum atomic E-state index is -0.853. The highest BCUT2D eigenvalue weighted by atomic mass is 32.1. The van der Waals surface area contributed by atoms with E-state index in [1.54, 1.807) is 36.2 Å². The molecule has 2 heterocycles. The Balaban J connectivity index is 1.41. The largest absolute Gasteiger partial charge is 0.390 e. The van der Waals surface area contributed by atoms with Crippen molar-refractivity contribution in [2.24, 2.45) is 5.92 Å². The highest BCUT2D eigenvalue weighted by Crippen LogP contribution is 2.15. The molecule has 9 heteroatoms. The van der Waals surface area contributed by atoms with Crippen molar-refractivity contribution in [2.75, 3.05) is 13.6 Å². The number of thiazole rings is 1. The molecule has 2 amide bonds. The lowest BCUT2D eigenvalue weighted by atomic mass is 10.00. The van der Waals surface area contributed by atoms with Gasteiger partial charge in [0.2, 0.25) is 0 Å². The summed E-state index contributed by atoms with van der Waals surface area (Å²) in [5.74, 6) is -0.000266. The van der Waals surface area contributed by atoms with E-state index in [4.69, 9.17) is 0 Å². The molecule has 2 aromatic carbocycles. The lowest BCUT2D eigenvalue weighted by Crippen LogP contribution is -2.48. The Morgan fingerprint density at radius 1 is 0.953 bits per heavy atom. The van der Waals surface area contributed by atoms with Crippen LogP contribution in [-0.4, -0.2) is 57.5 Å². The first-order valence-corrected chi connectivity index (χ1v) is 15.5. The maximum Gasteiger partial charge on any atom is 0.253 e. The van der Waals surface area contributed by atoms with Crippen LogP contribution in [-0.2, 0) is 25.9 Å². The standard InChI is InChI=1S/C34H41N5O3S/c1-23(2)13-26-14-27(18-35-17-26)19-36-20-31(40)30(15-25-9-6-5-7-10-25)38-33(41)28-11-8-12-29(16-28)34(42)39(4)21-32-37-24(3)22-43-32/h5-12,14,16-18,22-23,30-31,36,40H,13,15,19-21H2,1-4H3,(H,38,41)/t30-,31+/m0/s1. The third-order valence-electron chi connectivity index (χ3n) is 7.01. The molecule has 0 spiro atoms. The second kappa shape index (κ2) is 15.5. The van der Waals surface area contributed by atoms with Gasteiger partial charge in [0.25, 0.3) is 11.8 Å². The van der Waals surface area contributed by atoms with Crippen molar-refractivity contribution in [1.82, 2.24) is 25.5 Å². The van der Waals surface area contributed by atoms with E-state index in [0.29, 0.717) is 36.6 Å². The zero-order valence-corrected chi connectivity index (χ0v) is 26.1. The van der Waals surface area contributed by atoms with Gasteiger partial charge in [-0.1, -0.05) is 56.3 Å². The van der Waals surface area contributed by atoms with Gasteiger partial charge in [-0.25, -0.2) is 4.98 Å². The number of pyridine rings is 1. The fourth-order valence-electron chi connectivity index (χ4n) is 4.89. The fraction of sp³-hybridized carbons (Fsp3) is 0.353. The van der Waals surface area contributed by atoms with Crippen LogP contribution in [0.25, 0.3) is 0 Å². The van der Waals surface area contributed by atoms with Gasteiger partial charge in [-0.05, 0) is 60.6 Å². The molecule has 2 atom stereocenters. The number of aliphatic hydroxyl groups excluding tert-OH is 1. The van der Waals surface area contributed by atoms with Crippen molar-refractivity contribution in [3.8, 4) is 0 Å². The lowest BCUT2D eigenvalue weighted by molar-refractivity contribution is 0.0784. The number of aryl methyl sites for hydroxylation is 1. The van der Waals surface area contributed by atoms with Crippen LogP contribution >= 0.6 is 11.3 Å². The van der Waals surface area contributed by atoms with Crippen LogP contribution in [0.1, 0.15) is 62.0 Å². The Bertz CT molecular complexity index is 1490. The van der Waals surface area contributed by atoms with E-state index in [0.717, 1.165) is 28.2 Å². The third-order valence-corrected chi connectivity index (χ3v) is 7.97. The van der Waals surface area contributed by atoms with E-state index in [1.165, 1.54) is 16.9 Å². The van der Waals surface area contributed by atoms with Crippen LogP contribution < -0.4 is 10.6 Å². The average Bonchev–Trinajstić information content (AvgIpc) is 3.40. The SMILES string of the molecule is Cc1csc(CN(C)C(=O)c2cccc(C(=O)N[C@@H](Cc3ccccc3)[C@H](O)CNCc3cncc(CC(C)C)c3)c2)n1. The number of rotatable bonds is 14. The molecule has 226 valence electrons. The highest BCUT2D eigenvalue weighted by molar-refractivity contribution is 7.09. The van der Waals surface area contributed by atoms with Crippen LogP contribution in [0.2, 0.25) is 0 Å². The Hall–Kier alpha value is -3.92. The number of carbonyl (C=O) groups is 2. The van der Waals surface area contributed by atoms with E-state index >= 15 is 0 Å². The molecule has 4 aromatic rings. The minimum Gasteiger partial charge on any atom is -0.390 e. The zero-order chi connectivity index (χ0) is 30.8. The molecule has 0 aliphatic heterocycles. The number of aliphatic hydroxyl groups is 1. The quantitative estimate of drug-likeness (QED) is 0.192. The first-order valence-electron chi connectivity index (χ1n) is 14.6. The maximum absolute atomic E-state index is 13.4. The molecule has 4 rings (SSSR count). The van der Waals surface area contributed by atoms with Crippen LogP contribution in [0, 0.1) is 12.8 Å². The smallest absolute Gasteiger partial charge is 0.253 e. The van der Waals surface area contributed by atoms with Crippen molar-refractivity contribution >= 4 is 23.2 Å². The molecule has 0 fully saturated rings. The van der Waals surface area contributed by atoms with E-state index in [-0.39, 0.29) is 18.4 Å². The molecular weight excluding hydrogens is 558 g/mol. The van der Waals surface area contributed by atoms with Gasteiger partial charge in [0.1, 0.15) is 5.01 Å². The fourth-order valence-corrected chi connectivity index (χ4v) is 5.72. The van der Waals surface area contributed by atoms with Gasteiger partial charge in [-0.3, -0.25) is 14.6 Å². The van der Waals surface area contributed by atoms with E-state index in [9.17, 15) is 14.7 Å². The first kappa shape index (κ1) is 32.0. The molecule has 0 radical (unpaired) electrons. The molecule has 43 heavy (non-hydrogen) atoms. The van der Waals surface area contributed by atoms with Gasteiger partial charge in [0, 0.05) is 54.7 Å². The minimum absolute atomic E-state index is 0.195. The van der Waals surface area contributed by atoms with Crippen LogP contribution in [0.4, 0.5) is 0 Å². The molecule has 3 N–H and O–H groups in total. The summed E-state index contributed by atoms with van der Waals surface area (Å²) in [6.45, 7) is 7.52. The van der Waals surface area contributed by atoms with Gasteiger partial charge in [-0.2, -0.15) is 0 Å². The topological polar surface area (TPSA) is 107 Å². The van der Waals surface area contributed by atoms with Crippen molar-refractivity contribution in [3.63, 3.8) is 0 Å². The molecule has 0 unspecified atom stereocenters. The van der Waals surface area contributed by atoms with E-state index in [1.807, 2.05) is 55.0 Å². The number of amides is 2. The Morgan fingerprint density at radius 2 is 1.70 bits per heavy atom. The number of carbonyl (C=O) groups excluding carboxylic acids is 2. The first-order chi connectivity index (χ1) is 20.7. The molecule has 8 nitrogen and oxygen atoms in total. The van der Waals surface area contributed by atoms with E-state index < -0.39 is 12.1 Å². The predicted molar refractivity (Wildman–Crippen MR) is 171 cm³/mol. The van der Waals surface area contributed by atoms with Crippen molar-refractivity contribution in [3.05, 3.63) is 117 Å². The molecular formula is C34H41N5O3S. The molecule has 0 aliphatic rings. The van der Waals surface area contributed by atoms with Crippen LogP contribution in [0.5, 0.6) is 0 Å². The number of hydrogen-bond donors (Lipinski definition) is 3. The number of benzene rings is 2. The predicted octanol–water partition coefficient (Wildman–Crippen LogP) is 4.81. The van der Waals surface area contributed by atoms with Crippen LogP contribution in [0.3, 0.4) is 0 Å². The normalized spacial score (nSPS) is 12.6. The summed E-state index contributed by atoms with van der Waals surface area (Å²) < 4.78 is 0. The summed E-state index contributed by atoms with van der Waals surface area (Å²) in [4.78, 5) is 36.9. The molecule has 0 saturated heterocycles. The van der Waals surface area contributed by atoms with Gasteiger partial charge in [-0.15, -0.1) is 11.3 Å². The van der Waals surface area contributed by atoms with Gasteiger partial charge >= 0.3 is 0 Å². The molecule has 0 bridgehead atoms. The van der Waals surface area contributed by atoms with Crippen LogP contribution in [0.15, 0.2) is 78.4 Å². The van der Waals surface area contributed by atoms with Crippen molar-refractivity contribution in [1.29, 1.82) is 0 Å². The number of nitrogens with one attached hydrogen (secondary N) is 2. The maximum atomic E-state index is 13.4. The summed E-state index contributed by atoms with van der Waals surface area (Å²) in [5, 5.41) is 20.4. The number of nitrogens with zero attached hydrogens (tertiary/aromatic N) is 3. The summed E-state index contributed by atoms with van der Waals surface area (Å²) in [5.41, 5.74) is 4.93. The number of aromatic nitrogens is 2. The monoisotopic (exact) mass is 599 g/mol. The summed E-state index contributed by atoms with van der Waals surface area (Å²) >= 11 is 1.51. The number of hydrogen-bond acceptors (Lipinski definition) is 7. The molecule has 0 aliphatic carbocycles. The second-order valence-electron chi connectivity index (χ2n) is 11.4. The Kier molecular flexibility index (Phi) is 11.6. The van der Waals surface area contributed by atoms with Crippen molar-refractivity contribution in [2.45, 2.75) is 58.8 Å². The van der Waals surface area contributed by atoms with Gasteiger partial charge in [0.05, 0.1) is 18.7 Å². The Morgan fingerprint density at radius 3 is 2.42 bits per heavy atom. The second-order valence-corrected chi connectivity index (χ2v) is 12.3. The average molecular weight is 600 g/mol. The summed E-state index contributed by atoms with van der Waals surface area (Å²) in [6.07, 6.45) is 4.29.